The number of aryl methyl sites for hydroxylation is 5. The molecule has 0 unspecified atom stereocenters. The van der Waals surface area contributed by atoms with Gasteiger partial charge in [-0.1, -0.05) is 111 Å². The summed E-state index contributed by atoms with van der Waals surface area (Å²) in [5, 5.41) is 0. The third-order valence-corrected chi connectivity index (χ3v) is 7.66. The van der Waals surface area contributed by atoms with Gasteiger partial charge in [0.05, 0.1) is 0 Å². The average Bonchev–Trinajstić information content (AvgIpc) is 2.90. The number of benzene rings is 4. The number of hydrogen-bond donors (Lipinski definition) is 0. The Bertz CT molecular complexity index is 1300. The SMILES string of the molecule is C=C(Cc1ccc(-c2ccc(C)cc2)cc1)c1ccc(C)c(C)c1.CCC(CC)c1ccc(C)c(C)c1. The first-order valence-electron chi connectivity index (χ1n) is 13.7. The van der Waals surface area contributed by atoms with Gasteiger partial charge in [0.1, 0.15) is 0 Å². The van der Waals surface area contributed by atoms with E-state index >= 15 is 0 Å². The molecule has 0 bridgehead atoms. The molecule has 0 radical (unpaired) electrons. The summed E-state index contributed by atoms with van der Waals surface area (Å²) in [4.78, 5) is 0. The molecule has 0 aliphatic heterocycles. The van der Waals surface area contributed by atoms with Crippen molar-refractivity contribution in [2.24, 2.45) is 0 Å². The van der Waals surface area contributed by atoms with Crippen LogP contribution in [0.5, 0.6) is 0 Å². The second kappa shape index (κ2) is 13.2. The van der Waals surface area contributed by atoms with E-state index < -0.39 is 0 Å². The Morgan fingerprint density at radius 1 is 0.595 bits per heavy atom. The van der Waals surface area contributed by atoms with Crippen LogP contribution >= 0.6 is 0 Å². The fraction of sp³-hybridized carbons (Fsp3) is 0.297. The van der Waals surface area contributed by atoms with Gasteiger partial charge < -0.3 is 0 Å². The van der Waals surface area contributed by atoms with Gasteiger partial charge in [-0.15, -0.1) is 0 Å². The molecule has 0 aromatic heterocycles. The molecule has 0 aliphatic rings. The Morgan fingerprint density at radius 2 is 1.11 bits per heavy atom. The van der Waals surface area contributed by atoms with E-state index in [9.17, 15) is 0 Å². The molecule has 0 heterocycles. The molecule has 4 aromatic rings. The van der Waals surface area contributed by atoms with E-state index in [1.165, 1.54) is 74.0 Å². The van der Waals surface area contributed by atoms with Crippen molar-refractivity contribution in [1.82, 2.24) is 0 Å². The zero-order valence-corrected chi connectivity index (χ0v) is 24.0. The van der Waals surface area contributed by atoms with Crippen molar-refractivity contribution in [3.8, 4) is 11.1 Å². The topological polar surface area (TPSA) is 0 Å². The van der Waals surface area contributed by atoms with Crippen molar-refractivity contribution in [3.63, 3.8) is 0 Å². The highest BCUT2D eigenvalue weighted by atomic mass is 14.1. The van der Waals surface area contributed by atoms with Crippen molar-refractivity contribution in [3.05, 3.63) is 136 Å². The lowest BCUT2D eigenvalue weighted by Gasteiger charge is -2.14. The first kappa shape index (κ1) is 28.2. The minimum atomic E-state index is 0.749. The van der Waals surface area contributed by atoms with Crippen LogP contribution in [0.2, 0.25) is 0 Å². The van der Waals surface area contributed by atoms with Crippen LogP contribution in [0.15, 0.2) is 91.5 Å². The van der Waals surface area contributed by atoms with Crippen LogP contribution in [0, 0.1) is 34.6 Å². The molecule has 0 saturated carbocycles. The van der Waals surface area contributed by atoms with Gasteiger partial charge in [0.25, 0.3) is 0 Å². The predicted octanol–water partition coefficient (Wildman–Crippen LogP) is 10.7. The van der Waals surface area contributed by atoms with E-state index in [0.717, 1.165) is 12.3 Å². The van der Waals surface area contributed by atoms with E-state index in [2.05, 4.69) is 140 Å². The molecule has 0 aliphatic carbocycles. The van der Waals surface area contributed by atoms with Crippen LogP contribution in [0.1, 0.15) is 77.1 Å². The number of allylic oxidation sites excluding steroid dienone is 1. The molecule has 0 amide bonds. The van der Waals surface area contributed by atoms with E-state index in [4.69, 9.17) is 0 Å². The normalized spacial score (nSPS) is 10.7. The maximum Gasteiger partial charge on any atom is -0.00257 e. The van der Waals surface area contributed by atoms with Gasteiger partial charge in [0.15, 0.2) is 0 Å². The Kier molecular flexibility index (Phi) is 10.1. The van der Waals surface area contributed by atoms with E-state index in [0.29, 0.717) is 0 Å². The van der Waals surface area contributed by atoms with Gasteiger partial charge >= 0.3 is 0 Å². The van der Waals surface area contributed by atoms with Gasteiger partial charge in [0, 0.05) is 0 Å². The second-order valence-electron chi connectivity index (χ2n) is 10.5. The largest absolute Gasteiger partial charge is 0.0949 e. The number of rotatable bonds is 7. The summed E-state index contributed by atoms with van der Waals surface area (Å²) in [6.45, 7) is 19.6. The van der Waals surface area contributed by atoms with Crippen LogP contribution in [0.4, 0.5) is 0 Å². The van der Waals surface area contributed by atoms with Crippen molar-refractivity contribution in [2.75, 3.05) is 0 Å². The summed E-state index contributed by atoms with van der Waals surface area (Å²) in [7, 11) is 0. The minimum absolute atomic E-state index is 0.749. The molecule has 0 nitrogen and oxygen atoms in total. The Hall–Kier alpha value is -3.38. The molecule has 0 heteroatoms. The summed E-state index contributed by atoms with van der Waals surface area (Å²) in [5.41, 5.74) is 14.5. The molecule has 192 valence electrons. The van der Waals surface area contributed by atoms with E-state index in [-0.39, 0.29) is 0 Å². The van der Waals surface area contributed by atoms with Crippen LogP contribution < -0.4 is 0 Å². The lowest BCUT2D eigenvalue weighted by Crippen LogP contribution is -1.96. The first-order valence-corrected chi connectivity index (χ1v) is 13.7. The van der Waals surface area contributed by atoms with E-state index in [1.54, 1.807) is 0 Å². The summed E-state index contributed by atoms with van der Waals surface area (Å²) < 4.78 is 0. The molecule has 37 heavy (non-hydrogen) atoms. The molecule has 4 aromatic carbocycles. The zero-order chi connectivity index (χ0) is 26.9. The second-order valence-corrected chi connectivity index (χ2v) is 10.5. The van der Waals surface area contributed by atoms with Gasteiger partial charge in [0.2, 0.25) is 0 Å². The molecule has 0 spiro atoms. The number of hydrogen-bond acceptors (Lipinski definition) is 0. The average molecular weight is 489 g/mol. The summed E-state index contributed by atoms with van der Waals surface area (Å²) >= 11 is 0. The standard InChI is InChI=1S/C24H24.C13H20/c1-17-5-10-22(11-6-17)23-13-8-21(9-14-23)15-20(4)24-12-7-18(2)19(3)16-24;1-5-12(6-2)13-8-7-10(3)11(4)9-13/h5-14,16H,4,15H2,1-3H3;7-9,12H,5-6H2,1-4H3. The molecular formula is C37H44. The van der Waals surface area contributed by atoms with Crippen LogP contribution in [0.3, 0.4) is 0 Å². The van der Waals surface area contributed by atoms with Crippen molar-refractivity contribution >= 4 is 5.57 Å². The third-order valence-electron chi connectivity index (χ3n) is 7.66. The van der Waals surface area contributed by atoms with Gasteiger partial charge in [-0.3, -0.25) is 0 Å². The monoisotopic (exact) mass is 488 g/mol. The highest BCUT2D eigenvalue weighted by Gasteiger charge is 2.07. The summed E-state index contributed by atoms with van der Waals surface area (Å²) in [6, 6.07) is 30.9. The van der Waals surface area contributed by atoms with Crippen LogP contribution in [-0.2, 0) is 6.42 Å². The summed E-state index contributed by atoms with van der Waals surface area (Å²) in [6.07, 6.45) is 3.38. The lowest BCUT2D eigenvalue weighted by atomic mass is 9.92. The van der Waals surface area contributed by atoms with Crippen molar-refractivity contribution in [1.29, 1.82) is 0 Å². The minimum Gasteiger partial charge on any atom is -0.0949 e. The van der Waals surface area contributed by atoms with Gasteiger partial charge in [-0.05, 0) is 115 Å². The van der Waals surface area contributed by atoms with Gasteiger partial charge in [-0.25, -0.2) is 0 Å². The van der Waals surface area contributed by atoms with Crippen molar-refractivity contribution < 1.29 is 0 Å². The molecule has 0 saturated heterocycles. The molecular weight excluding hydrogens is 444 g/mol. The van der Waals surface area contributed by atoms with Crippen LogP contribution in [0.25, 0.3) is 16.7 Å². The molecule has 0 N–H and O–H groups in total. The smallest absolute Gasteiger partial charge is 0.00257 e. The Labute approximate surface area is 226 Å². The highest BCUT2D eigenvalue weighted by Crippen LogP contribution is 2.25. The fourth-order valence-corrected chi connectivity index (χ4v) is 4.65. The maximum absolute atomic E-state index is 4.28. The highest BCUT2D eigenvalue weighted by molar-refractivity contribution is 5.68. The fourth-order valence-electron chi connectivity index (χ4n) is 4.65. The van der Waals surface area contributed by atoms with Gasteiger partial charge in [-0.2, -0.15) is 0 Å². The van der Waals surface area contributed by atoms with E-state index in [1.807, 2.05) is 0 Å². The van der Waals surface area contributed by atoms with Crippen molar-refractivity contribution in [2.45, 2.75) is 73.6 Å². The van der Waals surface area contributed by atoms with Crippen LogP contribution in [-0.4, -0.2) is 0 Å². The third kappa shape index (κ3) is 7.80. The molecule has 4 rings (SSSR count). The Balaban J connectivity index is 0.000000248. The summed E-state index contributed by atoms with van der Waals surface area (Å²) in [5.74, 6) is 0.749. The lowest BCUT2D eigenvalue weighted by molar-refractivity contribution is 0.641. The first-order chi connectivity index (χ1) is 17.7. The molecule has 0 atom stereocenters. The predicted molar refractivity (Wildman–Crippen MR) is 165 cm³/mol. The quantitative estimate of drug-likeness (QED) is 0.243. The Morgan fingerprint density at radius 3 is 1.62 bits per heavy atom. The zero-order valence-electron chi connectivity index (χ0n) is 24.0. The molecule has 0 fully saturated rings. The maximum atomic E-state index is 4.28.